The van der Waals surface area contributed by atoms with Crippen LogP contribution in [0.3, 0.4) is 0 Å². The average Bonchev–Trinajstić information content (AvgIpc) is 2.82. The van der Waals surface area contributed by atoms with Crippen LogP contribution in [0.1, 0.15) is 5.76 Å². The van der Waals surface area contributed by atoms with Gasteiger partial charge >= 0.3 is 0 Å². The molecular weight excluding hydrogens is 294 g/mol. The minimum absolute atomic E-state index is 0.660. The highest BCUT2D eigenvalue weighted by molar-refractivity contribution is 9.10. The predicted molar refractivity (Wildman–Crippen MR) is 74.7 cm³/mol. The minimum Gasteiger partial charge on any atom is -0.492 e. The van der Waals surface area contributed by atoms with Crippen molar-refractivity contribution in [1.82, 2.24) is 4.90 Å². The SMILES string of the molecule is CN(CCOc1cccc(Br)c1)Cc1ccco1. The third-order valence-corrected chi connectivity index (χ3v) is 3.04. The highest BCUT2D eigenvalue weighted by Crippen LogP contribution is 2.17. The van der Waals surface area contributed by atoms with E-state index in [0.29, 0.717) is 6.61 Å². The van der Waals surface area contributed by atoms with Gasteiger partial charge in [-0.05, 0) is 37.4 Å². The summed E-state index contributed by atoms with van der Waals surface area (Å²) in [4.78, 5) is 2.16. The number of nitrogens with zero attached hydrogens (tertiary/aromatic N) is 1. The van der Waals surface area contributed by atoms with Crippen molar-refractivity contribution in [2.24, 2.45) is 0 Å². The molecule has 2 aromatic rings. The first-order valence-corrected chi connectivity index (χ1v) is 6.62. The van der Waals surface area contributed by atoms with Gasteiger partial charge in [-0.2, -0.15) is 0 Å². The van der Waals surface area contributed by atoms with E-state index >= 15 is 0 Å². The van der Waals surface area contributed by atoms with Gasteiger partial charge in [0.05, 0.1) is 12.8 Å². The summed E-state index contributed by atoms with van der Waals surface area (Å²) < 4.78 is 12.0. The molecule has 0 aliphatic heterocycles. The molecule has 0 radical (unpaired) electrons. The zero-order valence-electron chi connectivity index (χ0n) is 10.3. The fourth-order valence-electron chi connectivity index (χ4n) is 1.62. The van der Waals surface area contributed by atoms with Crippen molar-refractivity contribution in [1.29, 1.82) is 0 Å². The molecule has 1 aromatic heterocycles. The Morgan fingerprint density at radius 1 is 1.28 bits per heavy atom. The number of likely N-dealkylation sites (N-methyl/N-ethyl adjacent to an activating group) is 1. The van der Waals surface area contributed by atoms with Crippen LogP contribution in [0.5, 0.6) is 5.75 Å². The van der Waals surface area contributed by atoms with E-state index in [1.54, 1.807) is 6.26 Å². The molecule has 0 unspecified atom stereocenters. The van der Waals surface area contributed by atoms with Crippen LogP contribution < -0.4 is 4.74 Å². The van der Waals surface area contributed by atoms with Crippen molar-refractivity contribution < 1.29 is 9.15 Å². The molecule has 0 N–H and O–H groups in total. The summed E-state index contributed by atoms with van der Waals surface area (Å²) in [6.45, 7) is 2.32. The molecule has 0 atom stereocenters. The van der Waals surface area contributed by atoms with Crippen molar-refractivity contribution in [2.45, 2.75) is 6.54 Å². The molecule has 0 spiro atoms. The van der Waals surface area contributed by atoms with E-state index in [9.17, 15) is 0 Å². The lowest BCUT2D eigenvalue weighted by Crippen LogP contribution is -2.23. The monoisotopic (exact) mass is 309 g/mol. The molecule has 0 amide bonds. The van der Waals surface area contributed by atoms with Gasteiger partial charge in [0.25, 0.3) is 0 Å². The van der Waals surface area contributed by atoms with E-state index in [4.69, 9.17) is 9.15 Å². The smallest absolute Gasteiger partial charge is 0.120 e. The summed E-state index contributed by atoms with van der Waals surface area (Å²) in [7, 11) is 2.05. The zero-order valence-corrected chi connectivity index (χ0v) is 11.9. The van der Waals surface area contributed by atoms with Crippen LogP contribution in [-0.4, -0.2) is 25.1 Å². The van der Waals surface area contributed by atoms with Crippen LogP contribution in [0.25, 0.3) is 0 Å². The average molecular weight is 310 g/mol. The third kappa shape index (κ3) is 4.20. The van der Waals surface area contributed by atoms with Gasteiger partial charge in [-0.25, -0.2) is 0 Å². The first-order valence-electron chi connectivity index (χ1n) is 5.83. The Labute approximate surface area is 115 Å². The Balaban J connectivity index is 1.72. The molecule has 3 nitrogen and oxygen atoms in total. The summed E-state index contributed by atoms with van der Waals surface area (Å²) in [6, 6.07) is 11.7. The molecular formula is C14H16BrNO2. The Kier molecular flexibility index (Phi) is 4.84. The van der Waals surface area contributed by atoms with Gasteiger partial charge in [-0.1, -0.05) is 22.0 Å². The minimum atomic E-state index is 0.660. The Bertz CT molecular complexity index is 470. The van der Waals surface area contributed by atoms with Gasteiger partial charge in [-0.15, -0.1) is 0 Å². The molecule has 0 saturated carbocycles. The number of ether oxygens (including phenoxy) is 1. The summed E-state index contributed by atoms with van der Waals surface area (Å²) in [5.74, 6) is 1.86. The second kappa shape index (κ2) is 6.61. The normalized spacial score (nSPS) is 10.8. The van der Waals surface area contributed by atoms with Crippen LogP contribution in [-0.2, 0) is 6.54 Å². The van der Waals surface area contributed by atoms with Gasteiger partial charge in [0.15, 0.2) is 0 Å². The largest absolute Gasteiger partial charge is 0.492 e. The lowest BCUT2D eigenvalue weighted by Gasteiger charge is -2.15. The predicted octanol–water partition coefficient (Wildman–Crippen LogP) is 3.55. The summed E-state index contributed by atoms with van der Waals surface area (Å²) in [5.41, 5.74) is 0. The first-order chi connectivity index (χ1) is 8.74. The van der Waals surface area contributed by atoms with Crippen molar-refractivity contribution in [3.63, 3.8) is 0 Å². The van der Waals surface area contributed by atoms with E-state index in [0.717, 1.165) is 29.1 Å². The summed E-state index contributed by atoms with van der Waals surface area (Å²) >= 11 is 3.42. The van der Waals surface area contributed by atoms with Crippen LogP contribution in [0.15, 0.2) is 51.6 Å². The molecule has 0 bridgehead atoms. The summed E-state index contributed by atoms with van der Waals surface area (Å²) in [5, 5.41) is 0. The van der Waals surface area contributed by atoms with Crippen LogP contribution >= 0.6 is 15.9 Å². The molecule has 0 saturated heterocycles. The zero-order chi connectivity index (χ0) is 12.8. The Hall–Kier alpha value is -1.26. The van der Waals surface area contributed by atoms with Gasteiger partial charge in [0.2, 0.25) is 0 Å². The van der Waals surface area contributed by atoms with Gasteiger partial charge in [0, 0.05) is 11.0 Å². The Morgan fingerprint density at radius 3 is 2.89 bits per heavy atom. The second-order valence-electron chi connectivity index (χ2n) is 4.12. The van der Waals surface area contributed by atoms with Crippen LogP contribution in [0, 0.1) is 0 Å². The number of halogens is 1. The van der Waals surface area contributed by atoms with Crippen molar-refractivity contribution >= 4 is 15.9 Å². The molecule has 2 rings (SSSR count). The maximum Gasteiger partial charge on any atom is 0.120 e. The van der Waals surface area contributed by atoms with Crippen molar-refractivity contribution in [3.8, 4) is 5.75 Å². The van der Waals surface area contributed by atoms with E-state index in [1.807, 2.05) is 43.4 Å². The lowest BCUT2D eigenvalue weighted by atomic mass is 10.3. The van der Waals surface area contributed by atoms with Gasteiger partial charge in [0.1, 0.15) is 18.1 Å². The number of rotatable bonds is 6. The van der Waals surface area contributed by atoms with E-state index in [2.05, 4.69) is 20.8 Å². The van der Waals surface area contributed by atoms with E-state index in [-0.39, 0.29) is 0 Å². The molecule has 0 aliphatic rings. The van der Waals surface area contributed by atoms with Gasteiger partial charge < -0.3 is 9.15 Å². The van der Waals surface area contributed by atoms with Crippen molar-refractivity contribution in [2.75, 3.05) is 20.2 Å². The topological polar surface area (TPSA) is 25.6 Å². The van der Waals surface area contributed by atoms with E-state index in [1.165, 1.54) is 0 Å². The standard InChI is InChI=1S/C14H16BrNO2/c1-16(11-14-6-3-8-17-14)7-9-18-13-5-2-4-12(15)10-13/h2-6,8,10H,7,9,11H2,1H3. The van der Waals surface area contributed by atoms with Crippen LogP contribution in [0.4, 0.5) is 0 Å². The molecule has 0 aliphatic carbocycles. The number of furan rings is 1. The van der Waals surface area contributed by atoms with Gasteiger partial charge in [-0.3, -0.25) is 4.90 Å². The van der Waals surface area contributed by atoms with Crippen LogP contribution in [0.2, 0.25) is 0 Å². The quantitative estimate of drug-likeness (QED) is 0.816. The molecule has 96 valence electrons. The maximum atomic E-state index is 5.67. The lowest BCUT2D eigenvalue weighted by molar-refractivity contribution is 0.222. The molecule has 1 aromatic carbocycles. The third-order valence-electron chi connectivity index (χ3n) is 2.54. The fraction of sp³-hybridized carbons (Fsp3) is 0.286. The molecule has 18 heavy (non-hydrogen) atoms. The highest BCUT2D eigenvalue weighted by Gasteiger charge is 2.02. The second-order valence-corrected chi connectivity index (χ2v) is 5.04. The number of benzene rings is 1. The first kappa shape index (κ1) is 13.2. The van der Waals surface area contributed by atoms with Crippen molar-refractivity contribution in [3.05, 3.63) is 52.9 Å². The highest BCUT2D eigenvalue weighted by atomic mass is 79.9. The number of hydrogen-bond donors (Lipinski definition) is 0. The molecule has 4 heteroatoms. The Morgan fingerprint density at radius 2 is 2.17 bits per heavy atom. The van der Waals surface area contributed by atoms with E-state index < -0.39 is 0 Å². The summed E-state index contributed by atoms with van der Waals surface area (Å²) in [6.07, 6.45) is 1.70. The fourth-order valence-corrected chi connectivity index (χ4v) is 2.00. The molecule has 1 heterocycles. The number of hydrogen-bond acceptors (Lipinski definition) is 3. The maximum absolute atomic E-state index is 5.67. The molecule has 0 fully saturated rings.